The lowest BCUT2D eigenvalue weighted by Crippen LogP contribution is -2.51. The van der Waals surface area contributed by atoms with E-state index in [9.17, 15) is 4.79 Å². The van der Waals surface area contributed by atoms with Crippen molar-refractivity contribution in [3.05, 3.63) is 12.4 Å². The second-order valence-electron chi connectivity index (χ2n) is 5.33. The van der Waals surface area contributed by atoms with Gasteiger partial charge in [-0.15, -0.1) is 0 Å². The zero-order valence-electron chi connectivity index (χ0n) is 11.9. The first-order chi connectivity index (χ1) is 8.99. The maximum absolute atomic E-state index is 12.2. The number of carbonyl (C=O) groups excluding carboxylic acids is 1. The van der Waals surface area contributed by atoms with Crippen LogP contribution in [0.3, 0.4) is 0 Å². The minimum atomic E-state index is -0.107. The highest BCUT2D eigenvalue weighted by Crippen LogP contribution is 2.16. The van der Waals surface area contributed by atoms with Crippen LogP contribution in [-0.2, 0) is 11.8 Å². The third-order valence-electron chi connectivity index (χ3n) is 3.83. The SMILES string of the molecule is CC(N)C(C)C(=O)N1CCN(c2cnn(C)c2)CC1. The van der Waals surface area contributed by atoms with Crippen molar-refractivity contribution >= 4 is 11.6 Å². The fourth-order valence-electron chi connectivity index (χ4n) is 2.27. The second kappa shape index (κ2) is 5.61. The number of hydrogen-bond acceptors (Lipinski definition) is 4. The number of nitrogens with two attached hydrogens (primary N) is 1. The highest BCUT2D eigenvalue weighted by molar-refractivity contribution is 5.79. The van der Waals surface area contributed by atoms with E-state index >= 15 is 0 Å². The van der Waals surface area contributed by atoms with Crippen LogP contribution in [0.15, 0.2) is 12.4 Å². The molecule has 0 aliphatic carbocycles. The first-order valence-corrected chi connectivity index (χ1v) is 6.77. The van der Waals surface area contributed by atoms with Crippen LogP contribution in [-0.4, -0.2) is 52.8 Å². The van der Waals surface area contributed by atoms with Crippen LogP contribution in [0.2, 0.25) is 0 Å². The first-order valence-electron chi connectivity index (χ1n) is 6.77. The molecular formula is C13H23N5O. The Morgan fingerprint density at radius 1 is 1.32 bits per heavy atom. The van der Waals surface area contributed by atoms with E-state index in [0.717, 1.165) is 31.9 Å². The molecular weight excluding hydrogens is 242 g/mol. The Morgan fingerprint density at radius 3 is 2.42 bits per heavy atom. The van der Waals surface area contributed by atoms with E-state index in [1.807, 2.05) is 38.2 Å². The van der Waals surface area contributed by atoms with Gasteiger partial charge < -0.3 is 15.5 Å². The minimum absolute atomic E-state index is 0.0937. The molecule has 0 radical (unpaired) electrons. The molecule has 19 heavy (non-hydrogen) atoms. The Kier molecular flexibility index (Phi) is 4.09. The first kappa shape index (κ1) is 13.9. The number of anilines is 1. The molecule has 1 aliphatic heterocycles. The second-order valence-corrected chi connectivity index (χ2v) is 5.33. The van der Waals surface area contributed by atoms with Crippen LogP contribution in [0.4, 0.5) is 5.69 Å². The van der Waals surface area contributed by atoms with Crippen molar-refractivity contribution in [1.29, 1.82) is 0 Å². The Labute approximate surface area is 114 Å². The van der Waals surface area contributed by atoms with Gasteiger partial charge in [0.1, 0.15) is 0 Å². The van der Waals surface area contributed by atoms with Gasteiger partial charge in [0.2, 0.25) is 5.91 Å². The molecule has 2 heterocycles. The average Bonchev–Trinajstić information content (AvgIpc) is 2.84. The van der Waals surface area contributed by atoms with E-state index in [4.69, 9.17) is 5.73 Å². The molecule has 1 fully saturated rings. The van der Waals surface area contributed by atoms with Crippen LogP contribution < -0.4 is 10.6 Å². The predicted octanol–water partition coefficient (Wildman–Crippen LogP) is 0.0520. The highest BCUT2D eigenvalue weighted by Gasteiger charge is 2.26. The average molecular weight is 265 g/mol. The van der Waals surface area contributed by atoms with E-state index < -0.39 is 0 Å². The Morgan fingerprint density at radius 2 is 1.95 bits per heavy atom. The number of aryl methyl sites for hydroxylation is 1. The van der Waals surface area contributed by atoms with Crippen LogP contribution in [0.25, 0.3) is 0 Å². The summed E-state index contributed by atoms with van der Waals surface area (Å²) in [5.41, 5.74) is 6.92. The van der Waals surface area contributed by atoms with Crippen molar-refractivity contribution in [1.82, 2.24) is 14.7 Å². The summed E-state index contributed by atoms with van der Waals surface area (Å²) in [6, 6.07) is -0.0937. The number of aromatic nitrogens is 2. The van der Waals surface area contributed by atoms with Crippen LogP contribution in [0, 0.1) is 5.92 Å². The Balaban J connectivity index is 1.90. The summed E-state index contributed by atoms with van der Waals surface area (Å²) in [7, 11) is 1.91. The molecule has 6 heteroatoms. The summed E-state index contributed by atoms with van der Waals surface area (Å²) in [6.45, 7) is 7.00. The quantitative estimate of drug-likeness (QED) is 0.838. The third kappa shape index (κ3) is 3.07. The van der Waals surface area contributed by atoms with Gasteiger partial charge in [-0.05, 0) is 6.92 Å². The van der Waals surface area contributed by atoms with Gasteiger partial charge in [-0.1, -0.05) is 6.92 Å². The zero-order chi connectivity index (χ0) is 14.0. The summed E-state index contributed by atoms with van der Waals surface area (Å²) < 4.78 is 1.80. The van der Waals surface area contributed by atoms with Crippen molar-refractivity contribution in [3.63, 3.8) is 0 Å². The molecule has 106 valence electrons. The van der Waals surface area contributed by atoms with Crippen LogP contribution >= 0.6 is 0 Å². The fraction of sp³-hybridized carbons (Fsp3) is 0.692. The molecule has 2 rings (SSSR count). The molecule has 1 amide bonds. The van der Waals surface area contributed by atoms with E-state index in [1.54, 1.807) is 4.68 Å². The number of nitrogens with zero attached hydrogens (tertiary/aromatic N) is 4. The molecule has 1 aromatic heterocycles. The van der Waals surface area contributed by atoms with Gasteiger partial charge in [0, 0.05) is 45.5 Å². The lowest BCUT2D eigenvalue weighted by Gasteiger charge is -2.37. The zero-order valence-corrected chi connectivity index (χ0v) is 11.9. The number of hydrogen-bond donors (Lipinski definition) is 1. The summed E-state index contributed by atoms with van der Waals surface area (Å²) >= 11 is 0. The lowest BCUT2D eigenvalue weighted by atomic mass is 10.0. The van der Waals surface area contributed by atoms with Gasteiger partial charge >= 0.3 is 0 Å². The summed E-state index contributed by atoms with van der Waals surface area (Å²) in [5, 5.41) is 4.18. The molecule has 0 saturated carbocycles. The highest BCUT2D eigenvalue weighted by atomic mass is 16.2. The monoisotopic (exact) mass is 265 g/mol. The Hall–Kier alpha value is -1.56. The number of piperazine rings is 1. The molecule has 0 bridgehead atoms. The van der Waals surface area contributed by atoms with Gasteiger partial charge in [0.25, 0.3) is 0 Å². The van der Waals surface area contributed by atoms with Crippen molar-refractivity contribution in [2.75, 3.05) is 31.1 Å². The molecule has 0 spiro atoms. The number of amides is 1. The molecule has 1 aliphatic rings. The topological polar surface area (TPSA) is 67.4 Å². The molecule has 2 unspecified atom stereocenters. The fourth-order valence-corrected chi connectivity index (χ4v) is 2.27. The molecule has 1 aromatic rings. The predicted molar refractivity (Wildman–Crippen MR) is 74.8 cm³/mol. The molecule has 0 aromatic carbocycles. The van der Waals surface area contributed by atoms with Crippen LogP contribution in [0.1, 0.15) is 13.8 Å². The van der Waals surface area contributed by atoms with Crippen molar-refractivity contribution in [2.24, 2.45) is 18.7 Å². The van der Waals surface area contributed by atoms with Gasteiger partial charge in [0.15, 0.2) is 0 Å². The standard InChI is InChI=1S/C13H23N5O/c1-10(11(2)14)13(19)18-6-4-17(5-7-18)12-8-15-16(3)9-12/h8-11H,4-7,14H2,1-3H3. The van der Waals surface area contributed by atoms with E-state index in [1.165, 1.54) is 0 Å². The maximum Gasteiger partial charge on any atom is 0.227 e. The maximum atomic E-state index is 12.2. The largest absolute Gasteiger partial charge is 0.365 e. The normalized spacial score (nSPS) is 19.4. The summed E-state index contributed by atoms with van der Waals surface area (Å²) in [5.74, 6) is 0.0609. The summed E-state index contributed by atoms with van der Waals surface area (Å²) in [6.07, 6.45) is 3.87. The van der Waals surface area contributed by atoms with E-state index in [2.05, 4.69) is 10.00 Å². The van der Waals surface area contributed by atoms with Crippen molar-refractivity contribution < 1.29 is 4.79 Å². The van der Waals surface area contributed by atoms with E-state index in [0.29, 0.717) is 0 Å². The number of carbonyl (C=O) groups is 1. The minimum Gasteiger partial charge on any atom is -0.365 e. The molecule has 2 atom stereocenters. The van der Waals surface area contributed by atoms with Crippen LogP contribution in [0.5, 0.6) is 0 Å². The molecule has 2 N–H and O–H groups in total. The molecule has 1 saturated heterocycles. The molecule has 6 nitrogen and oxygen atoms in total. The smallest absolute Gasteiger partial charge is 0.227 e. The lowest BCUT2D eigenvalue weighted by molar-refractivity contribution is -0.135. The van der Waals surface area contributed by atoms with E-state index in [-0.39, 0.29) is 17.9 Å². The summed E-state index contributed by atoms with van der Waals surface area (Å²) in [4.78, 5) is 16.4. The van der Waals surface area contributed by atoms with Gasteiger partial charge in [-0.25, -0.2) is 0 Å². The Bertz CT molecular complexity index is 434. The third-order valence-corrected chi connectivity index (χ3v) is 3.83. The van der Waals surface area contributed by atoms with Gasteiger partial charge in [-0.2, -0.15) is 5.10 Å². The van der Waals surface area contributed by atoms with Crippen molar-refractivity contribution in [2.45, 2.75) is 19.9 Å². The van der Waals surface area contributed by atoms with Gasteiger partial charge in [0.05, 0.1) is 17.8 Å². The number of rotatable bonds is 3. The van der Waals surface area contributed by atoms with Gasteiger partial charge in [-0.3, -0.25) is 9.48 Å². The van der Waals surface area contributed by atoms with Crippen molar-refractivity contribution in [3.8, 4) is 0 Å².